The summed E-state index contributed by atoms with van der Waals surface area (Å²) in [5.41, 5.74) is -0.229. The average Bonchev–Trinajstić information content (AvgIpc) is 2.99. The van der Waals surface area contributed by atoms with E-state index >= 15 is 0 Å². The van der Waals surface area contributed by atoms with Crippen LogP contribution in [-0.4, -0.2) is 36.3 Å². The first-order valence-electron chi connectivity index (χ1n) is 8.72. The highest BCUT2D eigenvalue weighted by atomic mass is 19.4. The van der Waals surface area contributed by atoms with Crippen LogP contribution in [0.2, 0.25) is 0 Å². The van der Waals surface area contributed by atoms with Gasteiger partial charge in [0.15, 0.2) is 0 Å². The van der Waals surface area contributed by atoms with Crippen LogP contribution in [0.1, 0.15) is 22.6 Å². The van der Waals surface area contributed by atoms with Gasteiger partial charge in [-0.25, -0.2) is 4.39 Å². The molecule has 0 aliphatic carbocycles. The summed E-state index contributed by atoms with van der Waals surface area (Å²) in [6.07, 6.45) is -4.59. The second-order valence-corrected chi connectivity index (χ2v) is 7.42. The first-order valence-corrected chi connectivity index (χ1v) is 8.72. The third kappa shape index (κ3) is 3.30. The van der Waals surface area contributed by atoms with Crippen molar-refractivity contribution in [3.05, 3.63) is 65.0 Å². The van der Waals surface area contributed by atoms with E-state index in [1.54, 1.807) is 0 Å². The SMILES string of the molecule is OC[C@]12COc3ccccc3[C@H]1CN(Cc1cc(F)cc(C(F)(F)F)c1)C2. The predicted octanol–water partition coefficient (Wildman–Crippen LogP) is 3.82. The molecule has 0 aromatic heterocycles. The van der Waals surface area contributed by atoms with E-state index in [9.17, 15) is 22.7 Å². The lowest BCUT2D eigenvalue weighted by molar-refractivity contribution is -0.137. The second kappa shape index (κ2) is 6.49. The van der Waals surface area contributed by atoms with Crippen LogP contribution in [0.3, 0.4) is 0 Å². The number of benzene rings is 2. The number of fused-ring (bicyclic) bond motifs is 3. The largest absolute Gasteiger partial charge is 0.493 e. The molecule has 0 unspecified atom stereocenters. The first-order chi connectivity index (χ1) is 12.8. The van der Waals surface area contributed by atoms with Crippen molar-refractivity contribution in [3.8, 4) is 5.75 Å². The van der Waals surface area contributed by atoms with Gasteiger partial charge in [0.25, 0.3) is 0 Å². The number of alkyl halides is 3. The predicted molar refractivity (Wildman–Crippen MR) is 90.9 cm³/mol. The second-order valence-electron chi connectivity index (χ2n) is 7.42. The number of hydrogen-bond acceptors (Lipinski definition) is 3. The zero-order valence-corrected chi connectivity index (χ0v) is 14.5. The average molecular weight is 381 g/mol. The lowest BCUT2D eigenvalue weighted by Gasteiger charge is -2.38. The van der Waals surface area contributed by atoms with Crippen molar-refractivity contribution in [2.24, 2.45) is 5.41 Å². The monoisotopic (exact) mass is 381 g/mol. The Hall–Kier alpha value is -2.12. The third-order valence-electron chi connectivity index (χ3n) is 5.53. The molecule has 2 aromatic carbocycles. The number of ether oxygens (including phenoxy) is 1. The van der Waals surface area contributed by atoms with Crippen molar-refractivity contribution < 1.29 is 27.4 Å². The minimum absolute atomic E-state index is 0.0168. The number of aliphatic hydroxyl groups is 1. The highest BCUT2D eigenvalue weighted by Crippen LogP contribution is 2.49. The molecule has 7 heteroatoms. The van der Waals surface area contributed by atoms with E-state index in [0.29, 0.717) is 25.8 Å². The van der Waals surface area contributed by atoms with Gasteiger partial charge in [0.2, 0.25) is 0 Å². The van der Waals surface area contributed by atoms with Gasteiger partial charge in [0.05, 0.1) is 18.8 Å². The Morgan fingerprint density at radius 1 is 1.19 bits per heavy atom. The molecule has 0 spiro atoms. The Morgan fingerprint density at radius 3 is 2.70 bits per heavy atom. The van der Waals surface area contributed by atoms with E-state index in [1.807, 2.05) is 29.2 Å². The number of nitrogens with zero attached hydrogens (tertiary/aromatic N) is 1. The molecule has 0 radical (unpaired) electrons. The molecule has 1 fully saturated rings. The number of aliphatic hydroxyl groups excluding tert-OH is 1. The van der Waals surface area contributed by atoms with Crippen LogP contribution in [0.25, 0.3) is 0 Å². The van der Waals surface area contributed by atoms with Crippen LogP contribution in [0.4, 0.5) is 17.6 Å². The van der Waals surface area contributed by atoms with Crippen molar-refractivity contribution in [3.63, 3.8) is 0 Å². The summed E-state index contributed by atoms with van der Waals surface area (Å²) in [6, 6.07) is 10.2. The Balaban J connectivity index is 1.60. The van der Waals surface area contributed by atoms with Crippen molar-refractivity contribution in [1.29, 1.82) is 0 Å². The lowest BCUT2D eigenvalue weighted by atomic mass is 9.74. The number of rotatable bonds is 3. The van der Waals surface area contributed by atoms with E-state index < -0.39 is 23.0 Å². The molecule has 2 aliphatic rings. The molecule has 2 aliphatic heterocycles. The molecule has 2 heterocycles. The summed E-state index contributed by atoms with van der Waals surface area (Å²) in [7, 11) is 0. The zero-order valence-electron chi connectivity index (χ0n) is 14.5. The van der Waals surface area contributed by atoms with Crippen LogP contribution in [0.15, 0.2) is 42.5 Å². The fraction of sp³-hybridized carbons (Fsp3) is 0.400. The summed E-state index contributed by atoms with van der Waals surface area (Å²) in [5, 5.41) is 10.0. The highest BCUT2D eigenvalue weighted by molar-refractivity contribution is 5.41. The summed E-state index contributed by atoms with van der Waals surface area (Å²) in [6.45, 7) is 1.48. The van der Waals surface area contributed by atoms with Crippen LogP contribution in [0, 0.1) is 11.2 Å². The van der Waals surface area contributed by atoms with Crippen molar-refractivity contribution in [2.75, 3.05) is 26.3 Å². The van der Waals surface area contributed by atoms with Gasteiger partial charge in [-0.1, -0.05) is 18.2 Å². The standard InChI is InChI=1S/C20H19F4NO2/c21-15-6-13(5-14(7-15)20(22,23)24)8-25-9-17-16-3-1-2-4-18(16)27-12-19(17,10-25)11-26/h1-7,17,26H,8-12H2/t17-,19-/m1/s1. The van der Waals surface area contributed by atoms with Crippen LogP contribution >= 0.6 is 0 Å². The molecule has 0 bridgehead atoms. The Morgan fingerprint density at radius 2 is 1.96 bits per heavy atom. The summed E-state index contributed by atoms with van der Waals surface area (Å²) in [5.74, 6) is -0.108. The third-order valence-corrected chi connectivity index (χ3v) is 5.53. The maximum atomic E-state index is 13.7. The molecule has 2 atom stereocenters. The number of hydrogen-bond donors (Lipinski definition) is 1. The molecular formula is C20H19F4NO2. The van der Waals surface area contributed by atoms with Gasteiger partial charge >= 0.3 is 6.18 Å². The van der Waals surface area contributed by atoms with Crippen molar-refractivity contribution >= 4 is 0 Å². The molecule has 2 aromatic rings. The van der Waals surface area contributed by atoms with E-state index in [1.165, 1.54) is 0 Å². The van der Waals surface area contributed by atoms with E-state index in [2.05, 4.69) is 0 Å². The summed E-state index contributed by atoms with van der Waals surface area (Å²) < 4.78 is 58.4. The van der Waals surface area contributed by atoms with Gasteiger partial charge in [-0.15, -0.1) is 0 Å². The maximum Gasteiger partial charge on any atom is 0.416 e. The van der Waals surface area contributed by atoms with Crippen molar-refractivity contribution in [2.45, 2.75) is 18.6 Å². The minimum atomic E-state index is -4.59. The van der Waals surface area contributed by atoms with Gasteiger partial charge in [-0.05, 0) is 35.4 Å². The van der Waals surface area contributed by atoms with E-state index in [0.717, 1.165) is 23.4 Å². The molecule has 1 saturated heterocycles. The van der Waals surface area contributed by atoms with Gasteiger partial charge in [-0.3, -0.25) is 4.90 Å². The quantitative estimate of drug-likeness (QED) is 0.821. The van der Waals surface area contributed by atoms with Crippen LogP contribution in [0.5, 0.6) is 5.75 Å². The smallest absolute Gasteiger partial charge is 0.416 e. The van der Waals surface area contributed by atoms with Crippen LogP contribution < -0.4 is 4.74 Å². The van der Waals surface area contributed by atoms with Gasteiger partial charge in [0, 0.05) is 31.0 Å². The first kappa shape index (κ1) is 18.3. The fourth-order valence-corrected chi connectivity index (χ4v) is 4.26. The molecule has 0 amide bonds. The Kier molecular flexibility index (Phi) is 4.39. The van der Waals surface area contributed by atoms with Crippen LogP contribution in [-0.2, 0) is 12.7 Å². The molecule has 1 N–H and O–H groups in total. The molecule has 27 heavy (non-hydrogen) atoms. The number of likely N-dealkylation sites (tertiary alicyclic amines) is 1. The fourth-order valence-electron chi connectivity index (χ4n) is 4.26. The molecule has 0 saturated carbocycles. The summed E-state index contributed by atoms with van der Waals surface area (Å²) in [4.78, 5) is 1.96. The van der Waals surface area contributed by atoms with Crippen molar-refractivity contribution in [1.82, 2.24) is 4.90 Å². The minimum Gasteiger partial charge on any atom is -0.493 e. The van der Waals surface area contributed by atoms with Gasteiger partial charge in [-0.2, -0.15) is 13.2 Å². The molecular weight excluding hydrogens is 362 g/mol. The highest BCUT2D eigenvalue weighted by Gasteiger charge is 2.50. The molecule has 144 valence electrons. The van der Waals surface area contributed by atoms with E-state index in [4.69, 9.17) is 4.74 Å². The summed E-state index contributed by atoms with van der Waals surface area (Å²) >= 11 is 0. The van der Waals surface area contributed by atoms with Gasteiger partial charge < -0.3 is 9.84 Å². The van der Waals surface area contributed by atoms with Gasteiger partial charge in [0.1, 0.15) is 11.6 Å². The maximum absolute atomic E-state index is 13.7. The Labute approximate surface area is 154 Å². The topological polar surface area (TPSA) is 32.7 Å². The number of para-hydroxylation sites is 1. The molecule has 3 nitrogen and oxygen atoms in total. The van der Waals surface area contributed by atoms with E-state index in [-0.39, 0.29) is 24.6 Å². The zero-order chi connectivity index (χ0) is 19.2. The molecule has 4 rings (SSSR count). The normalized spacial score (nSPS) is 25.0. The lowest BCUT2D eigenvalue weighted by Crippen LogP contribution is -2.42. The number of halogens is 4. The Bertz CT molecular complexity index is 854.